The molecule has 0 aliphatic carbocycles. The summed E-state index contributed by atoms with van der Waals surface area (Å²) in [4.78, 5) is 13.9. The van der Waals surface area contributed by atoms with Gasteiger partial charge in [-0.25, -0.2) is 4.79 Å². The van der Waals surface area contributed by atoms with Gasteiger partial charge in [-0.3, -0.25) is 5.10 Å². The fourth-order valence-electron chi connectivity index (χ4n) is 1.88. The Hall–Kier alpha value is -2.27. The Labute approximate surface area is 106 Å². The number of hydrogen-bond acceptors (Lipinski definition) is 2. The lowest BCUT2D eigenvalue weighted by Crippen LogP contribution is -1.95. The molecule has 0 saturated heterocycles. The molecule has 18 heavy (non-hydrogen) atoms. The third-order valence-corrected chi connectivity index (χ3v) is 2.96. The Balaban J connectivity index is 2.16. The van der Waals surface area contributed by atoms with Crippen molar-refractivity contribution in [1.29, 1.82) is 0 Å². The number of halogens is 1. The first-order valence-electron chi connectivity index (χ1n) is 5.21. The maximum Gasteiger partial charge on any atom is 0.353 e. The number of fused-ring (bicyclic) bond motifs is 1. The van der Waals surface area contributed by atoms with Crippen LogP contribution in [0.3, 0.4) is 0 Å². The van der Waals surface area contributed by atoms with E-state index >= 15 is 0 Å². The summed E-state index contributed by atoms with van der Waals surface area (Å²) in [5.74, 6) is -1.03. The maximum absolute atomic E-state index is 10.8. The minimum Gasteiger partial charge on any atom is -0.477 e. The maximum atomic E-state index is 10.8. The molecule has 1 aromatic carbocycles. The van der Waals surface area contributed by atoms with Gasteiger partial charge < -0.3 is 10.1 Å². The van der Waals surface area contributed by atoms with Crippen molar-refractivity contribution in [3.63, 3.8) is 0 Å². The summed E-state index contributed by atoms with van der Waals surface area (Å²) < 4.78 is 0. The first-order valence-corrected chi connectivity index (χ1v) is 5.58. The number of carboxylic acids is 1. The van der Waals surface area contributed by atoms with E-state index in [1.165, 1.54) is 6.07 Å². The van der Waals surface area contributed by atoms with Gasteiger partial charge in [0.2, 0.25) is 0 Å². The molecule has 0 atom stereocenters. The molecule has 0 aliphatic rings. The van der Waals surface area contributed by atoms with Crippen molar-refractivity contribution >= 4 is 28.5 Å². The van der Waals surface area contributed by atoms with E-state index in [-0.39, 0.29) is 5.69 Å². The predicted molar refractivity (Wildman–Crippen MR) is 67.8 cm³/mol. The first-order chi connectivity index (χ1) is 8.65. The summed E-state index contributed by atoms with van der Waals surface area (Å²) in [6.45, 7) is 0. The van der Waals surface area contributed by atoms with Crippen LogP contribution in [0.1, 0.15) is 10.5 Å². The fraction of sp³-hybridized carbons (Fsp3) is 0. The van der Waals surface area contributed by atoms with Crippen molar-refractivity contribution in [2.45, 2.75) is 0 Å². The zero-order chi connectivity index (χ0) is 12.7. The highest BCUT2D eigenvalue weighted by atomic mass is 35.5. The molecule has 3 N–H and O–H groups in total. The van der Waals surface area contributed by atoms with Crippen molar-refractivity contribution in [3.8, 4) is 11.3 Å². The van der Waals surface area contributed by atoms with Crippen LogP contribution in [0.4, 0.5) is 0 Å². The van der Waals surface area contributed by atoms with Crippen LogP contribution >= 0.6 is 11.6 Å². The van der Waals surface area contributed by atoms with Gasteiger partial charge in [0.25, 0.3) is 0 Å². The smallest absolute Gasteiger partial charge is 0.353 e. The normalized spacial score (nSPS) is 10.9. The van der Waals surface area contributed by atoms with Gasteiger partial charge in [0, 0.05) is 27.7 Å². The Kier molecular flexibility index (Phi) is 2.34. The van der Waals surface area contributed by atoms with E-state index in [9.17, 15) is 4.79 Å². The molecular formula is C12H8ClN3O2. The number of carbonyl (C=O) groups is 1. The number of nitrogens with zero attached hydrogens (tertiary/aromatic N) is 1. The molecule has 0 saturated carbocycles. The molecule has 0 aliphatic heterocycles. The van der Waals surface area contributed by atoms with Gasteiger partial charge in [-0.15, -0.1) is 0 Å². The Morgan fingerprint density at radius 1 is 1.33 bits per heavy atom. The lowest BCUT2D eigenvalue weighted by Gasteiger charge is -1.94. The van der Waals surface area contributed by atoms with Gasteiger partial charge in [-0.2, -0.15) is 5.10 Å². The Morgan fingerprint density at radius 3 is 2.89 bits per heavy atom. The number of aromatic carboxylic acids is 1. The minimum absolute atomic E-state index is 0.0633. The monoisotopic (exact) mass is 261 g/mol. The second-order valence-electron chi connectivity index (χ2n) is 3.86. The summed E-state index contributed by atoms with van der Waals surface area (Å²) in [6.07, 6.45) is 1.78. The van der Waals surface area contributed by atoms with Crippen molar-refractivity contribution in [1.82, 2.24) is 15.2 Å². The van der Waals surface area contributed by atoms with Crippen LogP contribution in [0.15, 0.2) is 30.5 Å². The van der Waals surface area contributed by atoms with Gasteiger partial charge in [0.1, 0.15) is 5.69 Å². The van der Waals surface area contributed by atoms with Crippen LogP contribution in [0.2, 0.25) is 5.02 Å². The molecule has 0 amide bonds. The molecule has 2 heterocycles. The van der Waals surface area contributed by atoms with Crippen molar-refractivity contribution in [2.75, 3.05) is 0 Å². The molecule has 0 fully saturated rings. The Bertz CT molecular complexity index is 745. The second kappa shape index (κ2) is 3.89. The minimum atomic E-state index is -1.03. The average Bonchev–Trinajstić information content (AvgIpc) is 2.92. The number of carboxylic acid groups (broad SMARTS) is 1. The van der Waals surface area contributed by atoms with E-state index in [2.05, 4.69) is 15.2 Å². The lowest BCUT2D eigenvalue weighted by molar-refractivity contribution is 0.0690. The predicted octanol–water partition coefficient (Wildman–Crippen LogP) is 2.91. The molecular weight excluding hydrogens is 254 g/mol. The summed E-state index contributed by atoms with van der Waals surface area (Å²) in [5, 5.41) is 16.9. The van der Waals surface area contributed by atoms with Crippen molar-refractivity contribution < 1.29 is 9.90 Å². The second-order valence-corrected chi connectivity index (χ2v) is 4.30. The quantitative estimate of drug-likeness (QED) is 0.663. The van der Waals surface area contributed by atoms with Crippen LogP contribution < -0.4 is 0 Å². The third-order valence-electron chi connectivity index (χ3n) is 2.73. The van der Waals surface area contributed by atoms with E-state index in [1.54, 1.807) is 12.3 Å². The number of hydrogen-bond donors (Lipinski definition) is 3. The van der Waals surface area contributed by atoms with Gasteiger partial charge in [-0.05, 0) is 18.2 Å². The molecule has 5 nitrogen and oxygen atoms in total. The van der Waals surface area contributed by atoms with Gasteiger partial charge >= 0.3 is 5.97 Å². The van der Waals surface area contributed by atoms with Crippen LogP contribution in [-0.2, 0) is 0 Å². The SMILES string of the molecule is O=C(O)c1cc(-c2c[nH]c3cc(Cl)ccc23)n[nH]1. The van der Waals surface area contributed by atoms with Gasteiger partial charge in [-0.1, -0.05) is 17.7 Å². The highest BCUT2D eigenvalue weighted by Gasteiger charge is 2.12. The molecule has 0 unspecified atom stereocenters. The highest BCUT2D eigenvalue weighted by Crippen LogP contribution is 2.29. The molecule has 2 aromatic heterocycles. The summed E-state index contributed by atoms with van der Waals surface area (Å²) in [6, 6.07) is 6.97. The van der Waals surface area contributed by atoms with Gasteiger partial charge in [0.15, 0.2) is 0 Å². The van der Waals surface area contributed by atoms with Crippen LogP contribution in [0, 0.1) is 0 Å². The number of rotatable bonds is 2. The molecule has 6 heteroatoms. The Morgan fingerprint density at radius 2 is 2.17 bits per heavy atom. The van der Waals surface area contributed by atoms with E-state index in [0.29, 0.717) is 10.7 Å². The molecule has 3 aromatic rings. The van der Waals surface area contributed by atoms with Crippen molar-refractivity contribution in [2.24, 2.45) is 0 Å². The van der Waals surface area contributed by atoms with Gasteiger partial charge in [0.05, 0.1) is 5.69 Å². The third kappa shape index (κ3) is 1.65. The number of benzene rings is 1. The highest BCUT2D eigenvalue weighted by molar-refractivity contribution is 6.31. The number of nitrogens with one attached hydrogen (secondary N) is 2. The largest absolute Gasteiger partial charge is 0.477 e. The fourth-order valence-corrected chi connectivity index (χ4v) is 2.05. The number of H-pyrrole nitrogens is 2. The molecule has 0 radical (unpaired) electrons. The summed E-state index contributed by atoms with van der Waals surface area (Å²) in [7, 11) is 0. The van der Waals surface area contributed by atoms with E-state index < -0.39 is 5.97 Å². The molecule has 0 bridgehead atoms. The zero-order valence-corrected chi connectivity index (χ0v) is 9.82. The number of aromatic amines is 2. The average molecular weight is 262 g/mol. The first kappa shape index (κ1) is 10.9. The standard InChI is InChI=1S/C12H8ClN3O2/c13-6-1-2-7-8(5-14-9(7)3-6)10-4-11(12(17)18)16-15-10/h1-5,14H,(H,15,16)(H,17,18). The van der Waals surface area contributed by atoms with Crippen molar-refractivity contribution in [3.05, 3.63) is 41.2 Å². The van der Waals surface area contributed by atoms with E-state index in [4.69, 9.17) is 16.7 Å². The summed E-state index contributed by atoms with van der Waals surface area (Å²) in [5.41, 5.74) is 2.37. The topological polar surface area (TPSA) is 81.8 Å². The molecule has 3 rings (SSSR count). The zero-order valence-electron chi connectivity index (χ0n) is 9.07. The van der Waals surface area contributed by atoms with Crippen LogP contribution in [-0.4, -0.2) is 26.3 Å². The number of aromatic nitrogens is 3. The van der Waals surface area contributed by atoms with Crippen LogP contribution in [0.25, 0.3) is 22.2 Å². The van der Waals surface area contributed by atoms with E-state index in [0.717, 1.165) is 16.5 Å². The van der Waals surface area contributed by atoms with E-state index in [1.807, 2.05) is 12.1 Å². The lowest BCUT2D eigenvalue weighted by atomic mass is 10.1. The molecule has 90 valence electrons. The molecule has 0 spiro atoms. The summed E-state index contributed by atoms with van der Waals surface area (Å²) >= 11 is 5.90. The van der Waals surface area contributed by atoms with Crippen LogP contribution in [0.5, 0.6) is 0 Å².